The highest BCUT2D eigenvalue weighted by Crippen LogP contribution is 2.23. The lowest BCUT2D eigenvalue weighted by Gasteiger charge is -2.20. The monoisotopic (exact) mass is 349 g/mol. The first-order valence-electron chi connectivity index (χ1n) is 7.15. The normalized spacial score (nSPS) is 17.8. The molecule has 2 N–H and O–H groups in total. The van der Waals surface area contributed by atoms with E-state index in [0.717, 1.165) is 6.20 Å². The van der Waals surface area contributed by atoms with Gasteiger partial charge in [-0.3, -0.25) is 9.78 Å². The van der Waals surface area contributed by atoms with E-state index in [4.69, 9.17) is 16.3 Å². The number of aromatic nitrogens is 1. The number of cyclic esters (lactones) is 1. The first-order valence-corrected chi connectivity index (χ1v) is 7.52. The van der Waals surface area contributed by atoms with Crippen molar-refractivity contribution in [3.8, 4) is 0 Å². The van der Waals surface area contributed by atoms with Crippen LogP contribution in [0.2, 0.25) is 5.02 Å². The molecule has 1 aromatic heterocycles. The number of hydrogen-bond donors (Lipinski definition) is 2. The van der Waals surface area contributed by atoms with Gasteiger partial charge in [-0.25, -0.2) is 9.18 Å². The lowest BCUT2D eigenvalue weighted by Crippen LogP contribution is -2.39. The molecular weight excluding hydrogens is 337 g/mol. The Morgan fingerprint density at radius 2 is 2.08 bits per heavy atom. The van der Waals surface area contributed by atoms with E-state index in [1.165, 1.54) is 12.1 Å². The molecule has 24 heavy (non-hydrogen) atoms. The number of amides is 2. The summed E-state index contributed by atoms with van der Waals surface area (Å²) in [5, 5.41) is 5.73. The molecule has 1 saturated heterocycles. The number of ether oxygens (including phenoxy) is 1. The molecule has 124 valence electrons. The lowest BCUT2D eigenvalue weighted by atomic mass is 10.0. The average molecular weight is 350 g/mol. The van der Waals surface area contributed by atoms with Gasteiger partial charge in [-0.05, 0) is 29.8 Å². The highest BCUT2D eigenvalue weighted by molar-refractivity contribution is 6.30. The molecule has 1 aliphatic rings. The number of nitrogens with zero attached hydrogens (tertiary/aromatic N) is 1. The van der Waals surface area contributed by atoms with Gasteiger partial charge in [0.15, 0.2) is 6.10 Å². The van der Waals surface area contributed by atoms with Gasteiger partial charge in [0.05, 0.1) is 24.5 Å². The highest BCUT2D eigenvalue weighted by Gasteiger charge is 2.31. The van der Waals surface area contributed by atoms with Crippen molar-refractivity contribution in [2.75, 3.05) is 6.54 Å². The lowest BCUT2D eigenvalue weighted by molar-refractivity contribution is -0.128. The first kappa shape index (κ1) is 16.2. The maximum Gasteiger partial charge on any atom is 0.408 e. The van der Waals surface area contributed by atoms with E-state index in [1.807, 2.05) is 0 Å². The molecule has 3 rings (SSSR count). The van der Waals surface area contributed by atoms with E-state index in [-0.39, 0.29) is 6.54 Å². The van der Waals surface area contributed by atoms with Gasteiger partial charge >= 0.3 is 6.09 Å². The Balaban J connectivity index is 1.86. The summed E-state index contributed by atoms with van der Waals surface area (Å²) < 4.78 is 18.0. The molecule has 1 aliphatic heterocycles. The summed E-state index contributed by atoms with van der Waals surface area (Å²) in [6, 6.07) is 8.93. The van der Waals surface area contributed by atoms with E-state index in [2.05, 4.69) is 15.6 Å². The van der Waals surface area contributed by atoms with Crippen molar-refractivity contribution in [3.05, 3.63) is 64.7 Å². The van der Waals surface area contributed by atoms with E-state index in [9.17, 15) is 14.0 Å². The summed E-state index contributed by atoms with van der Waals surface area (Å²) in [5.74, 6) is -0.951. The van der Waals surface area contributed by atoms with E-state index < -0.39 is 30.0 Å². The molecule has 0 aliphatic carbocycles. The van der Waals surface area contributed by atoms with Gasteiger partial charge in [-0.15, -0.1) is 0 Å². The van der Waals surface area contributed by atoms with Crippen molar-refractivity contribution in [2.45, 2.75) is 12.1 Å². The van der Waals surface area contributed by atoms with Gasteiger partial charge in [-0.2, -0.15) is 0 Å². The predicted octanol–water partition coefficient (Wildman–Crippen LogP) is 2.19. The number of benzene rings is 1. The largest absolute Gasteiger partial charge is 0.434 e. The highest BCUT2D eigenvalue weighted by atomic mass is 35.5. The molecule has 0 unspecified atom stereocenters. The minimum absolute atomic E-state index is 0.0921. The summed E-state index contributed by atoms with van der Waals surface area (Å²) in [4.78, 5) is 27.4. The van der Waals surface area contributed by atoms with Gasteiger partial charge in [0, 0.05) is 5.02 Å². The van der Waals surface area contributed by atoms with Crippen molar-refractivity contribution >= 4 is 23.6 Å². The SMILES string of the molecule is O=C1NC[C@@H](C(=O)N[C@@H](c2ccc(Cl)cc2)c2ccc(F)cn2)O1. The Morgan fingerprint density at radius 1 is 1.33 bits per heavy atom. The van der Waals surface area contributed by atoms with Crippen LogP contribution in [0, 0.1) is 5.82 Å². The summed E-state index contributed by atoms with van der Waals surface area (Å²) in [6.45, 7) is 0.0921. The van der Waals surface area contributed by atoms with Crippen LogP contribution in [0.4, 0.5) is 9.18 Å². The Hall–Kier alpha value is -2.67. The molecule has 2 amide bonds. The predicted molar refractivity (Wildman–Crippen MR) is 83.9 cm³/mol. The van der Waals surface area contributed by atoms with Crippen molar-refractivity contribution in [2.24, 2.45) is 0 Å². The summed E-state index contributed by atoms with van der Waals surface area (Å²) in [7, 11) is 0. The summed E-state index contributed by atoms with van der Waals surface area (Å²) in [5.41, 5.74) is 1.16. The molecule has 1 fully saturated rings. The third-order valence-corrected chi connectivity index (χ3v) is 3.76. The number of carbonyl (C=O) groups is 2. The van der Waals surface area contributed by atoms with Crippen LogP contribution in [0.15, 0.2) is 42.6 Å². The maximum atomic E-state index is 13.1. The number of rotatable bonds is 4. The minimum atomic E-state index is -0.923. The third kappa shape index (κ3) is 3.62. The number of alkyl carbamates (subject to hydrolysis) is 1. The average Bonchev–Trinajstić information content (AvgIpc) is 3.01. The topological polar surface area (TPSA) is 80.3 Å². The van der Waals surface area contributed by atoms with Crippen LogP contribution in [0.5, 0.6) is 0 Å². The second kappa shape index (κ2) is 6.84. The number of hydrogen-bond acceptors (Lipinski definition) is 4. The molecule has 0 saturated carbocycles. The fourth-order valence-electron chi connectivity index (χ4n) is 2.31. The minimum Gasteiger partial charge on any atom is -0.434 e. The van der Waals surface area contributed by atoms with Gasteiger partial charge in [0.25, 0.3) is 5.91 Å². The fourth-order valence-corrected chi connectivity index (χ4v) is 2.44. The Morgan fingerprint density at radius 3 is 2.67 bits per heavy atom. The van der Waals surface area contributed by atoms with Crippen molar-refractivity contribution in [1.82, 2.24) is 15.6 Å². The standard InChI is InChI=1S/C16H13ClFN3O3/c17-10-3-1-9(2-4-10)14(12-6-5-11(18)7-19-12)21-15(22)13-8-20-16(23)24-13/h1-7,13-14H,8H2,(H,20,23)(H,21,22)/t13-,14-/m0/s1. The molecule has 2 atom stereocenters. The summed E-state index contributed by atoms with van der Waals surface area (Å²) >= 11 is 5.89. The Bertz CT molecular complexity index is 707. The zero-order valence-corrected chi connectivity index (χ0v) is 13.1. The maximum absolute atomic E-state index is 13.1. The van der Waals surface area contributed by atoms with Crippen LogP contribution >= 0.6 is 11.6 Å². The van der Waals surface area contributed by atoms with E-state index in [0.29, 0.717) is 16.3 Å². The molecule has 2 heterocycles. The van der Waals surface area contributed by atoms with Crippen molar-refractivity contribution in [1.29, 1.82) is 0 Å². The molecule has 0 spiro atoms. The zero-order chi connectivity index (χ0) is 17.1. The van der Waals surface area contributed by atoms with Crippen LogP contribution in [-0.4, -0.2) is 29.6 Å². The second-order valence-electron chi connectivity index (χ2n) is 5.17. The second-order valence-corrected chi connectivity index (χ2v) is 5.61. The van der Waals surface area contributed by atoms with Crippen molar-refractivity contribution < 1.29 is 18.7 Å². The summed E-state index contributed by atoms with van der Waals surface area (Å²) in [6.07, 6.45) is -0.493. The molecule has 1 aromatic carbocycles. The first-order chi connectivity index (χ1) is 11.5. The quantitative estimate of drug-likeness (QED) is 0.886. The molecule has 6 nitrogen and oxygen atoms in total. The fraction of sp³-hybridized carbons (Fsp3) is 0.188. The van der Waals surface area contributed by atoms with Crippen LogP contribution in [-0.2, 0) is 9.53 Å². The zero-order valence-electron chi connectivity index (χ0n) is 12.3. The smallest absolute Gasteiger partial charge is 0.408 e. The van der Waals surface area contributed by atoms with Crippen LogP contribution < -0.4 is 10.6 Å². The molecule has 2 aromatic rings. The number of halogens is 2. The molecule has 0 bridgehead atoms. The molecular formula is C16H13ClFN3O3. The van der Waals surface area contributed by atoms with Crippen LogP contribution in [0.3, 0.4) is 0 Å². The Labute approximate surface area is 142 Å². The van der Waals surface area contributed by atoms with Crippen molar-refractivity contribution in [3.63, 3.8) is 0 Å². The molecule has 0 radical (unpaired) electrons. The van der Waals surface area contributed by atoms with Crippen LogP contribution in [0.1, 0.15) is 17.3 Å². The van der Waals surface area contributed by atoms with Gasteiger partial charge in [0.2, 0.25) is 0 Å². The van der Waals surface area contributed by atoms with Gasteiger partial charge < -0.3 is 15.4 Å². The Kier molecular flexibility index (Phi) is 4.61. The van der Waals surface area contributed by atoms with Gasteiger partial charge in [0.1, 0.15) is 5.82 Å². The number of pyridine rings is 1. The van der Waals surface area contributed by atoms with E-state index in [1.54, 1.807) is 24.3 Å². The van der Waals surface area contributed by atoms with Crippen LogP contribution in [0.25, 0.3) is 0 Å². The number of nitrogens with one attached hydrogen (secondary N) is 2. The van der Waals surface area contributed by atoms with Gasteiger partial charge in [-0.1, -0.05) is 23.7 Å². The molecule has 8 heteroatoms. The number of carbonyl (C=O) groups excluding carboxylic acids is 2. The van der Waals surface area contributed by atoms with E-state index >= 15 is 0 Å². The third-order valence-electron chi connectivity index (χ3n) is 3.51.